The molecule has 0 saturated carbocycles. The Balaban J connectivity index is 5.72. The Bertz CT molecular complexity index is 398. The van der Waals surface area contributed by atoms with Crippen LogP contribution in [0.25, 0.3) is 0 Å². The number of aliphatic carboxylic acids is 2. The fraction of sp³-hybridized carbons (Fsp3) is 0.900. The summed E-state index contributed by atoms with van der Waals surface area (Å²) in [5.74, 6) is -3.64. The molecule has 4 N–H and O–H groups in total. The number of carboxylic acids is 2. The van der Waals surface area contributed by atoms with E-state index in [9.17, 15) is 30.0 Å². The third-order valence-electron chi connectivity index (χ3n) is 5.65. The molecule has 0 aliphatic rings. The Morgan fingerprint density at radius 2 is 1.04 bits per heavy atom. The summed E-state index contributed by atoms with van der Waals surface area (Å²) in [4.78, 5) is 23.8. The van der Waals surface area contributed by atoms with Crippen LogP contribution >= 0.6 is 0 Å². The Hall–Kier alpha value is -1.14. The van der Waals surface area contributed by atoms with Gasteiger partial charge < -0.3 is 20.4 Å². The maximum absolute atomic E-state index is 11.9. The molecule has 0 rings (SSSR count). The van der Waals surface area contributed by atoms with E-state index in [2.05, 4.69) is 0 Å². The molecule has 0 amide bonds. The van der Waals surface area contributed by atoms with Crippen LogP contribution < -0.4 is 0 Å². The standard InChI is InChI=1S/C20H38O6/c1-5-9-11-15(7-3)13-19(25,17(21)22)20(26,18(23)24)14-16(8-4)12-10-6-2/h15-16,25-26H,5-14H2,1-4H3,(H,21,22)(H,23,24). The van der Waals surface area contributed by atoms with Crippen molar-refractivity contribution in [3.63, 3.8) is 0 Å². The molecule has 0 heterocycles. The fourth-order valence-corrected chi connectivity index (χ4v) is 3.59. The molecule has 0 bridgehead atoms. The van der Waals surface area contributed by atoms with Gasteiger partial charge in [-0.2, -0.15) is 0 Å². The zero-order valence-electron chi connectivity index (χ0n) is 16.8. The number of hydrogen-bond donors (Lipinski definition) is 4. The summed E-state index contributed by atoms with van der Waals surface area (Å²) < 4.78 is 0. The summed E-state index contributed by atoms with van der Waals surface area (Å²) in [6.45, 7) is 7.81. The number of unbranched alkanes of at least 4 members (excludes halogenated alkanes) is 2. The molecule has 0 aromatic rings. The van der Waals surface area contributed by atoms with Crippen LogP contribution in [-0.2, 0) is 9.59 Å². The molecule has 154 valence electrons. The number of aliphatic hydroxyl groups is 2. The maximum atomic E-state index is 11.9. The summed E-state index contributed by atoms with van der Waals surface area (Å²) in [7, 11) is 0. The largest absolute Gasteiger partial charge is 0.479 e. The molecular weight excluding hydrogens is 336 g/mol. The molecule has 0 aromatic carbocycles. The number of carbonyl (C=O) groups is 2. The molecule has 0 aromatic heterocycles. The van der Waals surface area contributed by atoms with Crippen LogP contribution in [-0.4, -0.2) is 43.6 Å². The van der Waals surface area contributed by atoms with Crippen molar-refractivity contribution in [1.82, 2.24) is 0 Å². The van der Waals surface area contributed by atoms with Gasteiger partial charge in [0.2, 0.25) is 11.2 Å². The van der Waals surface area contributed by atoms with Crippen molar-refractivity contribution in [2.75, 3.05) is 0 Å². The van der Waals surface area contributed by atoms with E-state index in [0.29, 0.717) is 25.7 Å². The van der Waals surface area contributed by atoms with E-state index in [4.69, 9.17) is 0 Å². The lowest BCUT2D eigenvalue weighted by Crippen LogP contribution is -2.65. The van der Waals surface area contributed by atoms with Crippen LogP contribution in [0.15, 0.2) is 0 Å². The van der Waals surface area contributed by atoms with Crippen LogP contribution in [0.3, 0.4) is 0 Å². The van der Waals surface area contributed by atoms with Crippen molar-refractivity contribution in [2.24, 2.45) is 11.8 Å². The number of carboxylic acid groups (broad SMARTS) is 2. The van der Waals surface area contributed by atoms with Gasteiger partial charge in [0.25, 0.3) is 0 Å². The summed E-state index contributed by atoms with van der Waals surface area (Å²) >= 11 is 0. The lowest BCUT2D eigenvalue weighted by Gasteiger charge is -2.40. The predicted molar refractivity (Wildman–Crippen MR) is 101 cm³/mol. The molecule has 6 nitrogen and oxygen atoms in total. The number of rotatable bonds is 15. The van der Waals surface area contributed by atoms with Gasteiger partial charge in [-0.15, -0.1) is 0 Å². The summed E-state index contributed by atoms with van der Waals surface area (Å²) in [5, 5.41) is 41.2. The summed E-state index contributed by atoms with van der Waals surface area (Å²) in [6, 6.07) is 0. The first kappa shape index (κ1) is 24.9. The molecule has 0 saturated heterocycles. The maximum Gasteiger partial charge on any atom is 0.339 e. The highest BCUT2D eigenvalue weighted by atomic mass is 16.5. The Morgan fingerprint density at radius 1 is 0.731 bits per heavy atom. The Kier molecular flexibility index (Phi) is 11.0. The second kappa shape index (κ2) is 11.5. The highest BCUT2D eigenvalue weighted by Crippen LogP contribution is 2.39. The van der Waals surface area contributed by atoms with Gasteiger partial charge in [-0.05, 0) is 24.7 Å². The van der Waals surface area contributed by atoms with Crippen molar-refractivity contribution < 1.29 is 30.0 Å². The van der Waals surface area contributed by atoms with Crippen molar-refractivity contribution >= 4 is 11.9 Å². The van der Waals surface area contributed by atoms with Crippen LogP contribution in [0.5, 0.6) is 0 Å². The highest BCUT2D eigenvalue weighted by molar-refractivity contribution is 5.90. The van der Waals surface area contributed by atoms with E-state index in [-0.39, 0.29) is 24.7 Å². The SMILES string of the molecule is CCCCC(CC)CC(O)(C(=O)O)C(O)(CC(CC)CCCC)C(=O)O. The van der Waals surface area contributed by atoms with Crippen LogP contribution in [0.2, 0.25) is 0 Å². The Morgan fingerprint density at radius 3 is 1.23 bits per heavy atom. The van der Waals surface area contributed by atoms with Gasteiger partial charge in [-0.25, -0.2) is 9.59 Å². The minimum absolute atomic E-state index is 0.155. The van der Waals surface area contributed by atoms with E-state index >= 15 is 0 Å². The molecule has 4 unspecified atom stereocenters. The van der Waals surface area contributed by atoms with E-state index in [1.807, 2.05) is 27.7 Å². The van der Waals surface area contributed by atoms with E-state index < -0.39 is 23.1 Å². The molecule has 4 atom stereocenters. The second-order valence-electron chi connectivity index (χ2n) is 7.57. The lowest BCUT2D eigenvalue weighted by molar-refractivity contribution is -0.214. The van der Waals surface area contributed by atoms with Gasteiger partial charge in [-0.1, -0.05) is 79.1 Å². The zero-order chi connectivity index (χ0) is 20.4. The van der Waals surface area contributed by atoms with Crippen molar-refractivity contribution in [3.8, 4) is 0 Å². The average Bonchev–Trinajstić information content (AvgIpc) is 2.60. The van der Waals surface area contributed by atoms with Gasteiger partial charge in [0.1, 0.15) is 0 Å². The highest BCUT2D eigenvalue weighted by Gasteiger charge is 2.61. The van der Waals surface area contributed by atoms with E-state index in [1.165, 1.54) is 0 Å². The molecule has 0 radical (unpaired) electrons. The molecule has 0 aliphatic heterocycles. The lowest BCUT2D eigenvalue weighted by atomic mass is 9.70. The van der Waals surface area contributed by atoms with Crippen LogP contribution in [0.1, 0.15) is 91.9 Å². The molecule has 6 heteroatoms. The molecule has 0 aliphatic carbocycles. The average molecular weight is 375 g/mol. The summed E-state index contributed by atoms with van der Waals surface area (Å²) in [6.07, 6.45) is 5.73. The number of hydrogen-bond acceptors (Lipinski definition) is 4. The zero-order valence-corrected chi connectivity index (χ0v) is 16.8. The summed E-state index contributed by atoms with van der Waals surface area (Å²) in [5.41, 5.74) is -5.40. The second-order valence-corrected chi connectivity index (χ2v) is 7.57. The smallest absolute Gasteiger partial charge is 0.339 e. The van der Waals surface area contributed by atoms with Gasteiger partial charge in [0.05, 0.1) is 0 Å². The third-order valence-corrected chi connectivity index (χ3v) is 5.65. The normalized spacial score (nSPS) is 18.5. The molecule has 0 fully saturated rings. The molecule has 26 heavy (non-hydrogen) atoms. The van der Waals surface area contributed by atoms with Gasteiger partial charge in [-0.3, -0.25) is 0 Å². The van der Waals surface area contributed by atoms with Gasteiger partial charge >= 0.3 is 11.9 Å². The van der Waals surface area contributed by atoms with Crippen molar-refractivity contribution in [3.05, 3.63) is 0 Å². The van der Waals surface area contributed by atoms with Crippen molar-refractivity contribution in [1.29, 1.82) is 0 Å². The fourth-order valence-electron chi connectivity index (χ4n) is 3.59. The first-order chi connectivity index (χ1) is 12.1. The van der Waals surface area contributed by atoms with Crippen LogP contribution in [0, 0.1) is 11.8 Å². The van der Waals surface area contributed by atoms with E-state index in [0.717, 1.165) is 25.7 Å². The quantitative estimate of drug-likeness (QED) is 0.346. The minimum Gasteiger partial charge on any atom is -0.479 e. The first-order valence-corrected chi connectivity index (χ1v) is 10.0. The first-order valence-electron chi connectivity index (χ1n) is 10.0. The van der Waals surface area contributed by atoms with Gasteiger partial charge in [0, 0.05) is 0 Å². The Labute approximate surface area is 157 Å². The van der Waals surface area contributed by atoms with Gasteiger partial charge in [0.15, 0.2) is 0 Å². The predicted octanol–water partition coefficient (Wildman–Crippen LogP) is 3.83. The van der Waals surface area contributed by atoms with E-state index in [1.54, 1.807) is 0 Å². The monoisotopic (exact) mass is 374 g/mol. The molecular formula is C20H38O6. The van der Waals surface area contributed by atoms with Crippen molar-refractivity contribution in [2.45, 2.75) is 103 Å². The minimum atomic E-state index is -2.70. The molecule has 0 spiro atoms. The third kappa shape index (κ3) is 6.23. The topological polar surface area (TPSA) is 115 Å². The van der Waals surface area contributed by atoms with Crippen LogP contribution in [0.4, 0.5) is 0 Å².